The van der Waals surface area contributed by atoms with Gasteiger partial charge in [-0.25, -0.2) is 8.42 Å². The van der Waals surface area contributed by atoms with Crippen LogP contribution in [0.4, 0.5) is 5.69 Å². The number of nitrogens with one attached hydrogen (secondary N) is 1. The highest BCUT2D eigenvalue weighted by Crippen LogP contribution is 2.29. The van der Waals surface area contributed by atoms with E-state index in [9.17, 15) is 18.0 Å². The number of carbonyl (C=O) groups is 2. The number of nitrogens with zero attached hydrogens (tertiary/aromatic N) is 2. The summed E-state index contributed by atoms with van der Waals surface area (Å²) in [6, 6.07) is 29.1. The number of hydrogen-bond acceptors (Lipinski definition) is 4. The SMILES string of the molecule is Cc1cccc(CN(C(=O)CN(c2cccc3ccccc23)S(C)(=O)=O)C(Cc2ccccc2)C(=O)NC(C)C)c1. The molecular weight excluding hydrogens is 534 g/mol. The quantitative estimate of drug-likeness (QED) is 0.272. The second-order valence-electron chi connectivity index (χ2n) is 10.6. The first-order valence-electron chi connectivity index (χ1n) is 13.7. The summed E-state index contributed by atoms with van der Waals surface area (Å²) in [6.45, 7) is 5.41. The Kier molecular flexibility index (Phi) is 9.45. The van der Waals surface area contributed by atoms with E-state index in [-0.39, 0.29) is 24.9 Å². The predicted molar refractivity (Wildman–Crippen MR) is 165 cm³/mol. The maximum Gasteiger partial charge on any atom is 0.244 e. The van der Waals surface area contributed by atoms with Crippen molar-refractivity contribution >= 4 is 38.3 Å². The van der Waals surface area contributed by atoms with Crippen LogP contribution in [0, 0.1) is 6.92 Å². The number of hydrogen-bond donors (Lipinski definition) is 1. The van der Waals surface area contributed by atoms with Gasteiger partial charge in [0.1, 0.15) is 12.6 Å². The van der Waals surface area contributed by atoms with Gasteiger partial charge in [0.25, 0.3) is 0 Å². The number of carbonyl (C=O) groups excluding carboxylic acids is 2. The summed E-state index contributed by atoms with van der Waals surface area (Å²) in [6.07, 6.45) is 1.38. The summed E-state index contributed by atoms with van der Waals surface area (Å²) >= 11 is 0. The number of anilines is 1. The average molecular weight is 572 g/mol. The highest BCUT2D eigenvalue weighted by molar-refractivity contribution is 7.92. The fraction of sp³-hybridized carbons (Fsp3) is 0.273. The first-order chi connectivity index (χ1) is 19.5. The van der Waals surface area contributed by atoms with Crippen LogP contribution in [0.25, 0.3) is 10.8 Å². The molecule has 41 heavy (non-hydrogen) atoms. The third-order valence-corrected chi connectivity index (χ3v) is 7.98. The van der Waals surface area contributed by atoms with Gasteiger partial charge >= 0.3 is 0 Å². The molecule has 0 aliphatic carbocycles. The van der Waals surface area contributed by atoms with Gasteiger partial charge in [0.05, 0.1) is 11.9 Å². The summed E-state index contributed by atoms with van der Waals surface area (Å²) in [5.74, 6) is -0.759. The second kappa shape index (κ2) is 13.0. The van der Waals surface area contributed by atoms with Gasteiger partial charge < -0.3 is 10.2 Å². The van der Waals surface area contributed by atoms with Gasteiger partial charge in [-0.2, -0.15) is 0 Å². The van der Waals surface area contributed by atoms with Crippen molar-refractivity contribution in [2.45, 2.75) is 45.8 Å². The van der Waals surface area contributed by atoms with Crippen LogP contribution in [0.1, 0.15) is 30.5 Å². The molecule has 0 heterocycles. The van der Waals surface area contributed by atoms with Crippen molar-refractivity contribution in [2.24, 2.45) is 0 Å². The van der Waals surface area contributed by atoms with Crippen LogP contribution in [0.15, 0.2) is 97.1 Å². The molecule has 0 saturated heterocycles. The van der Waals surface area contributed by atoms with Gasteiger partial charge in [-0.3, -0.25) is 13.9 Å². The maximum absolute atomic E-state index is 14.3. The van der Waals surface area contributed by atoms with E-state index in [4.69, 9.17) is 0 Å². The topological polar surface area (TPSA) is 86.8 Å². The lowest BCUT2D eigenvalue weighted by Gasteiger charge is -2.34. The fourth-order valence-electron chi connectivity index (χ4n) is 4.96. The first kappa shape index (κ1) is 29.8. The Bertz CT molecular complexity index is 1610. The molecule has 1 atom stereocenters. The first-order valence-corrected chi connectivity index (χ1v) is 15.5. The van der Waals surface area contributed by atoms with Gasteiger partial charge in [0, 0.05) is 24.4 Å². The lowest BCUT2D eigenvalue weighted by molar-refractivity contribution is -0.140. The van der Waals surface area contributed by atoms with E-state index in [0.717, 1.165) is 38.0 Å². The van der Waals surface area contributed by atoms with Crippen LogP contribution in [0.3, 0.4) is 0 Å². The zero-order valence-electron chi connectivity index (χ0n) is 23.9. The van der Waals surface area contributed by atoms with E-state index in [1.165, 1.54) is 4.90 Å². The summed E-state index contributed by atoms with van der Waals surface area (Å²) in [5, 5.41) is 4.55. The fourth-order valence-corrected chi connectivity index (χ4v) is 5.82. The van der Waals surface area contributed by atoms with Crippen LogP contribution in [0.2, 0.25) is 0 Å². The summed E-state index contributed by atoms with van der Waals surface area (Å²) in [4.78, 5) is 29.4. The zero-order chi connectivity index (χ0) is 29.6. The zero-order valence-corrected chi connectivity index (χ0v) is 24.8. The standard InChI is InChI=1S/C33H37N3O4S/c1-24(2)34-33(38)31(21-26-13-6-5-7-14-26)35(22-27-15-10-12-25(3)20-27)32(37)23-36(41(4,39)40)30-19-11-17-28-16-8-9-18-29(28)30/h5-20,24,31H,21-23H2,1-4H3,(H,34,38). The summed E-state index contributed by atoms with van der Waals surface area (Å²) in [5.41, 5.74) is 3.19. The Balaban J connectivity index is 1.78. The molecule has 0 spiro atoms. The Morgan fingerprint density at radius 2 is 1.46 bits per heavy atom. The lowest BCUT2D eigenvalue weighted by atomic mass is 10.0. The van der Waals surface area contributed by atoms with Crippen LogP contribution < -0.4 is 9.62 Å². The molecule has 1 N–H and O–H groups in total. The second-order valence-corrected chi connectivity index (χ2v) is 12.6. The minimum absolute atomic E-state index is 0.139. The number of amides is 2. The maximum atomic E-state index is 14.3. The van der Waals surface area contributed by atoms with Gasteiger partial charge in [0.2, 0.25) is 21.8 Å². The van der Waals surface area contributed by atoms with E-state index in [1.54, 1.807) is 12.1 Å². The van der Waals surface area contributed by atoms with E-state index < -0.39 is 28.5 Å². The smallest absolute Gasteiger partial charge is 0.244 e. The van der Waals surface area contributed by atoms with Crippen molar-refractivity contribution < 1.29 is 18.0 Å². The van der Waals surface area contributed by atoms with Crippen LogP contribution in [-0.4, -0.2) is 50.0 Å². The monoisotopic (exact) mass is 571 g/mol. The highest BCUT2D eigenvalue weighted by atomic mass is 32.2. The average Bonchev–Trinajstić information content (AvgIpc) is 2.93. The molecule has 0 bridgehead atoms. The molecule has 4 rings (SSSR count). The van der Waals surface area contributed by atoms with Crippen molar-refractivity contribution in [2.75, 3.05) is 17.1 Å². The molecule has 7 nitrogen and oxygen atoms in total. The molecule has 1 unspecified atom stereocenters. The number of rotatable bonds is 11. The van der Waals surface area contributed by atoms with Crippen molar-refractivity contribution in [1.29, 1.82) is 0 Å². The number of sulfonamides is 1. The van der Waals surface area contributed by atoms with E-state index in [1.807, 2.05) is 106 Å². The van der Waals surface area contributed by atoms with E-state index >= 15 is 0 Å². The van der Waals surface area contributed by atoms with Crippen LogP contribution >= 0.6 is 0 Å². The van der Waals surface area contributed by atoms with Crippen molar-refractivity contribution in [1.82, 2.24) is 10.2 Å². The molecular formula is C33H37N3O4S. The molecule has 214 valence electrons. The minimum atomic E-state index is -3.86. The van der Waals surface area contributed by atoms with Crippen molar-refractivity contribution in [3.05, 3.63) is 114 Å². The lowest BCUT2D eigenvalue weighted by Crippen LogP contribution is -2.54. The molecule has 0 aliphatic heterocycles. The predicted octanol–water partition coefficient (Wildman–Crippen LogP) is 5.08. The summed E-state index contributed by atoms with van der Waals surface area (Å²) in [7, 11) is -3.86. The van der Waals surface area contributed by atoms with Crippen molar-refractivity contribution in [3.8, 4) is 0 Å². The summed E-state index contributed by atoms with van der Waals surface area (Å²) < 4.78 is 27.4. The molecule has 0 fully saturated rings. The van der Waals surface area contributed by atoms with Gasteiger partial charge in [-0.05, 0) is 43.4 Å². The largest absolute Gasteiger partial charge is 0.352 e. The Morgan fingerprint density at radius 1 is 0.829 bits per heavy atom. The van der Waals surface area contributed by atoms with Crippen LogP contribution in [0.5, 0.6) is 0 Å². The molecule has 2 amide bonds. The van der Waals surface area contributed by atoms with E-state index in [0.29, 0.717) is 5.69 Å². The number of aryl methyl sites for hydroxylation is 1. The van der Waals surface area contributed by atoms with E-state index in [2.05, 4.69) is 5.32 Å². The minimum Gasteiger partial charge on any atom is -0.352 e. The Hall–Kier alpha value is -4.17. The Morgan fingerprint density at radius 3 is 2.15 bits per heavy atom. The number of benzene rings is 4. The third-order valence-electron chi connectivity index (χ3n) is 6.85. The van der Waals surface area contributed by atoms with Gasteiger partial charge in [-0.1, -0.05) is 96.6 Å². The number of fused-ring (bicyclic) bond motifs is 1. The third kappa shape index (κ3) is 7.73. The molecule has 4 aromatic rings. The molecule has 4 aromatic carbocycles. The Labute approximate surface area is 242 Å². The van der Waals surface area contributed by atoms with Gasteiger partial charge in [0.15, 0.2) is 0 Å². The highest BCUT2D eigenvalue weighted by Gasteiger charge is 2.33. The normalized spacial score (nSPS) is 12.2. The van der Waals surface area contributed by atoms with Gasteiger partial charge in [-0.15, -0.1) is 0 Å². The van der Waals surface area contributed by atoms with Crippen LogP contribution in [-0.2, 0) is 32.6 Å². The molecule has 0 aliphatic rings. The molecule has 8 heteroatoms. The molecule has 0 radical (unpaired) electrons. The molecule has 0 aromatic heterocycles. The molecule has 0 saturated carbocycles. The van der Waals surface area contributed by atoms with Crippen molar-refractivity contribution in [3.63, 3.8) is 0 Å².